The second-order valence-corrected chi connectivity index (χ2v) is 10.8. The van der Waals surface area contributed by atoms with Crippen LogP contribution in [0.3, 0.4) is 0 Å². The highest BCUT2D eigenvalue weighted by Gasteiger charge is 2.42. The monoisotopic (exact) mass is 572 g/mol. The Morgan fingerprint density at radius 3 is 2.11 bits per heavy atom. The van der Waals surface area contributed by atoms with Gasteiger partial charge in [-0.3, -0.25) is 14.4 Å². The van der Waals surface area contributed by atoms with Crippen LogP contribution in [0.1, 0.15) is 0 Å². The van der Waals surface area contributed by atoms with E-state index < -0.39 is 69.2 Å². The third-order valence-electron chi connectivity index (χ3n) is 6.04. The van der Waals surface area contributed by atoms with E-state index in [9.17, 15) is 31.6 Å². The van der Waals surface area contributed by atoms with Crippen molar-refractivity contribution in [3.05, 3.63) is 53.1 Å². The van der Waals surface area contributed by atoms with Crippen molar-refractivity contribution in [1.29, 1.82) is 0 Å². The van der Waals surface area contributed by atoms with Gasteiger partial charge in [0.1, 0.15) is 11.8 Å². The van der Waals surface area contributed by atoms with Crippen molar-refractivity contribution in [2.24, 2.45) is 5.73 Å². The maximum atomic E-state index is 14.8. The number of rotatable bonds is 5. The molecule has 0 unspecified atom stereocenters. The maximum absolute atomic E-state index is 14.8. The first kappa shape index (κ1) is 27.7. The second kappa shape index (κ2) is 11.2. The van der Waals surface area contributed by atoms with Crippen LogP contribution in [0.2, 0.25) is 5.02 Å². The Morgan fingerprint density at radius 2 is 1.53 bits per heavy atom. The summed E-state index contributed by atoms with van der Waals surface area (Å²) in [5, 5.41) is 0.371. The molecule has 15 heteroatoms. The third-order valence-corrected chi connectivity index (χ3v) is 8.18. The molecule has 2 aromatic carbocycles. The zero-order valence-corrected chi connectivity index (χ0v) is 21.4. The van der Waals surface area contributed by atoms with E-state index >= 15 is 0 Å². The lowest BCUT2D eigenvalue weighted by atomic mass is 10.2. The average molecular weight is 573 g/mol. The summed E-state index contributed by atoms with van der Waals surface area (Å²) in [6, 6.07) is 5.15. The molecule has 0 bridgehead atoms. The molecule has 2 aromatic rings. The first-order valence-corrected chi connectivity index (χ1v) is 13.2. The van der Waals surface area contributed by atoms with Gasteiger partial charge in [-0.2, -0.15) is 4.31 Å². The lowest BCUT2D eigenvalue weighted by Crippen LogP contribution is -2.62. The van der Waals surface area contributed by atoms with Gasteiger partial charge < -0.3 is 25.0 Å². The number of morpholine rings is 1. The van der Waals surface area contributed by atoms with Gasteiger partial charge in [-0.05, 0) is 36.4 Å². The minimum absolute atomic E-state index is 0.0593. The Balaban J connectivity index is 1.54. The van der Waals surface area contributed by atoms with Crippen LogP contribution >= 0.6 is 11.6 Å². The molecule has 0 saturated carbocycles. The van der Waals surface area contributed by atoms with Gasteiger partial charge in [-0.15, -0.1) is 0 Å². The summed E-state index contributed by atoms with van der Waals surface area (Å²) in [5.74, 6) is -6.23. The number of benzene rings is 2. The van der Waals surface area contributed by atoms with E-state index in [4.69, 9.17) is 26.8 Å². The van der Waals surface area contributed by atoms with Crippen LogP contribution < -0.4 is 10.5 Å². The summed E-state index contributed by atoms with van der Waals surface area (Å²) in [4.78, 5) is 39.0. The smallest absolute Gasteiger partial charge is 0.312 e. The van der Waals surface area contributed by atoms with Gasteiger partial charge in [0.05, 0.1) is 18.1 Å². The molecule has 1 atom stereocenters. The standard InChI is InChI=1S/C23H23ClF2N4O7S/c24-14-1-3-15(4-2-14)37-20-17(25)11-16(12-18(20)26)38(34,35)30-6-5-29(13-19(30)21(27)31)23(33)22(32)28-7-9-36-10-8-28/h1-4,11-12,19H,5-10,13H2,(H2,27,31)/t19-/m1/s1. The molecule has 2 heterocycles. The number of ether oxygens (including phenoxy) is 2. The topological polar surface area (TPSA) is 140 Å². The zero-order valence-electron chi connectivity index (χ0n) is 19.8. The largest absolute Gasteiger partial charge is 0.451 e. The van der Waals surface area contributed by atoms with Gasteiger partial charge in [0.2, 0.25) is 15.9 Å². The van der Waals surface area contributed by atoms with Crippen LogP contribution in [0, 0.1) is 11.6 Å². The summed E-state index contributed by atoms with van der Waals surface area (Å²) >= 11 is 5.78. The van der Waals surface area contributed by atoms with Crippen LogP contribution in [-0.2, 0) is 29.1 Å². The minimum Gasteiger partial charge on any atom is -0.451 e. The molecule has 2 fully saturated rings. The van der Waals surface area contributed by atoms with E-state index in [1.807, 2.05) is 0 Å². The SMILES string of the molecule is NC(=O)[C@H]1CN(C(=O)C(=O)N2CCOCC2)CCN1S(=O)(=O)c1cc(F)c(Oc2ccc(Cl)cc2)c(F)c1. The van der Waals surface area contributed by atoms with Crippen molar-refractivity contribution in [2.75, 3.05) is 45.9 Å². The maximum Gasteiger partial charge on any atom is 0.312 e. The molecule has 11 nitrogen and oxygen atoms in total. The first-order chi connectivity index (χ1) is 18.0. The summed E-state index contributed by atoms with van der Waals surface area (Å²) in [5.41, 5.74) is 5.42. The molecule has 0 spiro atoms. The van der Waals surface area contributed by atoms with Crippen LogP contribution in [0.15, 0.2) is 41.3 Å². The van der Waals surface area contributed by atoms with Crippen molar-refractivity contribution in [3.8, 4) is 11.5 Å². The van der Waals surface area contributed by atoms with E-state index in [-0.39, 0.29) is 38.6 Å². The van der Waals surface area contributed by atoms with E-state index in [1.165, 1.54) is 29.2 Å². The highest BCUT2D eigenvalue weighted by Crippen LogP contribution is 2.32. The number of piperazine rings is 1. The second-order valence-electron chi connectivity index (χ2n) is 8.46. The Hall–Kier alpha value is -3.33. The molecule has 0 aliphatic carbocycles. The van der Waals surface area contributed by atoms with Gasteiger partial charge in [0.15, 0.2) is 17.4 Å². The van der Waals surface area contributed by atoms with Crippen LogP contribution in [-0.4, -0.2) is 92.2 Å². The Kier molecular flexibility index (Phi) is 8.16. The van der Waals surface area contributed by atoms with Crippen molar-refractivity contribution in [3.63, 3.8) is 0 Å². The molecule has 2 N–H and O–H groups in total. The number of sulfonamides is 1. The fourth-order valence-electron chi connectivity index (χ4n) is 4.05. The molecule has 2 saturated heterocycles. The molecule has 2 aliphatic rings. The van der Waals surface area contributed by atoms with E-state index in [0.29, 0.717) is 21.5 Å². The molecule has 0 radical (unpaired) electrons. The number of nitrogens with two attached hydrogens (primary N) is 1. The number of hydrogen-bond acceptors (Lipinski definition) is 7. The Bertz CT molecular complexity index is 1330. The van der Waals surface area contributed by atoms with Crippen molar-refractivity contribution >= 4 is 39.3 Å². The number of halogens is 3. The van der Waals surface area contributed by atoms with Gasteiger partial charge in [0.25, 0.3) is 0 Å². The zero-order chi connectivity index (χ0) is 27.6. The fourth-order valence-corrected chi connectivity index (χ4v) is 5.78. The lowest BCUT2D eigenvalue weighted by Gasteiger charge is -2.39. The molecule has 204 valence electrons. The molecular weight excluding hydrogens is 550 g/mol. The predicted molar refractivity (Wildman–Crippen MR) is 129 cm³/mol. The molecule has 4 rings (SSSR count). The summed E-state index contributed by atoms with van der Waals surface area (Å²) < 4.78 is 67.2. The first-order valence-electron chi connectivity index (χ1n) is 11.4. The quantitative estimate of drug-likeness (QED) is 0.526. The van der Waals surface area contributed by atoms with Crippen molar-refractivity contribution in [1.82, 2.24) is 14.1 Å². The number of carbonyl (C=O) groups excluding carboxylic acids is 3. The van der Waals surface area contributed by atoms with Crippen molar-refractivity contribution < 1.29 is 41.1 Å². The highest BCUT2D eigenvalue weighted by atomic mass is 35.5. The van der Waals surface area contributed by atoms with Crippen LogP contribution in [0.4, 0.5) is 8.78 Å². The molecular formula is C23H23ClF2N4O7S. The molecule has 0 aromatic heterocycles. The van der Waals surface area contributed by atoms with E-state index in [2.05, 4.69) is 0 Å². The minimum atomic E-state index is -4.66. The molecule has 3 amide bonds. The summed E-state index contributed by atoms with van der Waals surface area (Å²) in [7, 11) is -4.66. The van der Waals surface area contributed by atoms with Gasteiger partial charge in [0, 0.05) is 37.7 Å². The number of primary amides is 1. The number of amides is 3. The summed E-state index contributed by atoms with van der Waals surface area (Å²) in [6.07, 6.45) is 0. The fraction of sp³-hybridized carbons (Fsp3) is 0.348. The lowest BCUT2D eigenvalue weighted by molar-refractivity contribution is -0.155. The number of hydrogen-bond donors (Lipinski definition) is 1. The van der Waals surface area contributed by atoms with E-state index in [0.717, 1.165) is 4.90 Å². The number of carbonyl (C=O) groups is 3. The van der Waals surface area contributed by atoms with Crippen LogP contribution in [0.25, 0.3) is 0 Å². The Labute approximate surface area is 221 Å². The Morgan fingerprint density at radius 1 is 0.947 bits per heavy atom. The normalized spacial score (nSPS) is 18.8. The van der Waals surface area contributed by atoms with Gasteiger partial charge in [-0.1, -0.05) is 11.6 Å². The predicted octanol–water partition coefficient (Wildman–Crippen LogP) is 0.956. The highest BCUT2D eigenvalue weighted by molar-refractivity contribution is 7.89. The average Bonchev–Trinajstić information content (AvgIpc) is 2.90. The molecule has 2 aliphatic heterocycles. The van der Waals surface area contributed by atoms with Gasteiger partial charge >= 0.3 is 11.8 Å². The van der Waals surface area contributed by atoms with Crippen molar-refractivity contribution in [2.45, 2.75) is 10.9 Å². The third kappa shape index (κ3) is 5.72. The van der Waals surface area contributed by atoms with E-state index in [1.54, 1.807) is 0 Å². The van der Waals surface area contributed by atoms with Gasteiger partial charge in [-0.25, -0.2) is 17.2 Å². The number of nitrogens with zero attached hydrogens (tertiary/aromatic N) is 3. The van der Waals surface area contributed by atoms with Crippen LogP contribution in [0.5, 0.6) is 11.5 Å². The summed E-state index contributed by atoms with van der Waals surface area (Å²) in [6.45, 7) is -0.228. The molecule has 38 heavy (non-hydrogen) atoms.